The molecule has 1 aromatic carbocycles. The summed E-state index contributed by atoms with van der Waals surface area (Å²) >= 11 is 0. The van der Waals surface area contributed by atoms with Crippen molar-refractivity contribution in [2.45, 2.75) is 32.7 Å². The Morgan fingerprint density at radius 1 is 1.25 bits per heavy atom. The molecule has 86 valence electrons. The van der Waals surface area contributed by atoms with Crippen molar-refractivity contribution >= 4 is 5.97 Å². The second kappa shape index (κ2) is 3.88. The minimum atomic E-state index is -0.505. The zero-order valence-electron chi connectivity index (χ0n) is 9.52. The molecule has 16 heavy (non-hydrogen) atoms. The van der Waals surface area contributed by atoms with Crippen LogP contribution in [0.1, 0.15) is 43.0 Å². The molecule has 1 aliphatic heterocycles. The quantitative estimate of drug-likeness (QED) is 0.438. The summed E-state index contributed by atoms with van der Waals surface area (Å²) in [5, 5.41) is 0. The van der Waals surface area contributed by atoms with Crippen molar-refractivity contribution < 1.29 is 19.3 Å². The van der Waals surface area contributed by atoms with Crippen molar-refractivity contribution in [3.05, 3.63) is 35.4 Å². The van der Waals surface area contributed by atoms with Crippen LogP contribution in [0, 0.1) is 0 Å². The molecular weight excluding hydrogens is 208 g/mol. The molecule has 2 rings (SSSR count). The second-order valence-electron chi connectivity index (χ2n) is 4.61. The van der Waals surface area contributed by atoms with Crippen molar-refractivity contribution in [3.63, 3.8) is 0 Å². The summed E-state index contributed by atoms with van der Waals surface area (Å²) in [5.74, 6) is -0.359. The lowest BCUT2D eigenvalue weighted by Gasteiger charge is -2.20. The van der Waals surface area contributed by atoms with Crippen LogP contribution in [0.4, 0.5) is 0 Å². The lowest BCUT2D eigenvalue weighted by atomic mass is 10.1. The number of rotatable bonds is 2. The highest BCUT2D eigenvalue weighted by Gasteiger charge is 2.33. The fourth-order valence-corrected chi connectivity index (χ4v) is 1.35. The summed E-state index contributed by atoms with van der Waals surface area (Å²) in [6.07, 6.45) is -0.427. The van der Waals surface area contributed by atoms with Gasteiger partial charge >= 0.3 is 5.97 Å². The van der Waals surface area contributed by atoms with E-state index in [9.17, 15) is 4.79 Å². The number of hydrogen-bond donors (Lipinski definition) is 0. The van der Waals surface area contributed by atoms with E-state index in [-0.39, 0.29) is 5.97 Å². The molecule has 1 aromatic rings. The molecule has 1 aliphatic rings. The van der Waals surface area contributed by atoms with Gasteiger partial charge in [0.1, 0.15) is 5.60 Å². The van der Waals surface area contributed by atoms with Gasteiger partial charge in [0.2, 0.25) is 0 Å². The van der Waals surface area contributed by atoms with Gasteiger partial charge in [0, 0.05) is 5.56 Å². The Balaban J connectivity index is 2.22. The van der Waals surface area contributed by atoms with Gasteiger partial charge in [-0.2, -0.15) is 9.78 Å². The maximum absolute atomic E-state index is 11.9. The Hall–Kier alpha value is -1.39. The second-order valence-corrected chi connectivity index (χ2v) is 4.61. The first-order chi connectivity index (χ1) is 7.47. The van der Waals surface area contributed by atoms with Crippen LogP contribution in [-0.2, 0) is 14.5 Å². The molecule has 4 heteroatoms. The summed E-state index contributed by atoms with van der Waals surface area (Å²) in [4.78, 5) is 21.3. The normalized spacial score (nSPS) is 15.9. The third-order valence-electron chi connectivity index (χ3n) is 2.03. The fourth-order valence-electron chi connectivity index (χ4n) is 1.35. The molecule has 0 radical (unpaired) electrons. The van der Waals surface area contributed by atoms with Crippen LogP contribution in [0.15, 0.2) is 24.3 Å². The van der Waals surface area contributed by atoms with E-state index < -0.39 is 11.9 Å². The van der Waals surface area contributed by atoms with Crippen LogP contribution in [0.3, 0.4) is 0 Å². The lowest BCUT2D eigenvalue weighted by molar-refractivity contribution is 0.00676. The maximum Gasteiger partial charge on any atom is 0.339 e. The van der Waals surface area contributed by atoms with Crippen LogP contribution in [0.5, 0.6) is 0 Å². The summed E-state index contributed by atoms with van der Waals surface area (Å²) in [5.41, 5.74) is 0.687. The predicted octanol–water partition coefficient (Wildman–Crippen LogP) is 2.60. The average Bonchev–Trinajstić information content (AvgIpc) is 2.98. The Labute approximate surface area is 94.0 Å². The summed E-state index contributed by atoms with van der Waals surface area (Å²) in [6, 6.07) is 7.10. The lowest BCUT2D eigenvalue weighted by Crippen LogP contribution is -2.24. The highest BCUT2D eigenvalue weighted by Crippen LogP contribution is 2.34. The SMILES string of the molecule is CC(C)(C)OC(=O)c1ccccc1C1OO1. The van der Waals surface area contributed by atoms with Crippen molar-refractivity contribution in [2.24, 2.45) is 0 Å². The highest BCUT2D eigenvalue weighted by atomic mass is 17.4. The molecule has 1 heterocycles. The molecule has 0 N–H and O–H groups in total. The Morgan fingerprint density at radius 3 is 2.44 bits per heavy atom. The molecule has 0 saturated carbocycles. The topological polar surface area (TPSA) is 51.4 Å². The van der Waals surface area contributed by atoms with E-state index in [0.717, 1.165) is 0 Å². The van der Waals surface area contributed by atoms with Crippen LogP contribution in [-0.4, -0.2) is 11.6 Å². The molecule has 0 atom stereocenters. The summed E-state index contributed by atoms with van der Waals surface area (Å²) < 4.78 is 5.29. The van der Waals surface area contributed by atoms with E-state index in [1.54, 1.807) is 18.2 Å². The van der Waals surface area contributed by atoms with Gasteiger partial charge in [0.05, 0.1) is 5.56 Å². The van der Waals surface area contributed by atoms with Gasteiger partial charge in [-0.1, -0.05) is 18.2 Å². The van der Waals surface area contributed by atoms with Gasteiger partial charge in [-0.05, 0) is 26.8 Å². The zero-order chi connectivity index (χ0) is 11.8. The van der Waals surface area contributed by atoms with E-state index in [0.29, 0.717) is 11.1 Å². The maximum atomic E-state index is 11.9. The summed E-state index contributed by atoms with van der Waals surface area (Å²) in [7, 11) is 0. The van der Waals surface area contributed by atoms with Crippen LogP contribution < -0.4 is 0 Å². The molecular formula is C12H14O4. The van der Waals surface area contributed by atoms with Crippen LogP contribution >= 0.6 is 0 Å². The van der Waals surface area contributed by atoms with Gasteiger partial charge in [-0.3, -0.25) is 0 Å². The van der Waals surface area contributed by atoms with Crippen LogP contribution in [0.25, 0.3) is 0 Å². The van der Waals surface area contributed by atoms with E-state index in [1.807, 2.05) is 26.8 Å². The smallest absolute Gasteiger partial charge is 0.339 e. The monoisotopic (exact) mass is 222 g/mol. The average molecular weight is 222 g/mol. The van der Waals surface area contributed by atoms with E-state index >= 15 is 0 Å². The van der Waals surface area contributed by atoms with E-state index in [4.69, 9.17) is 14.5 Å². The highest BCUT2D eigenvalue weighted by molar-refractivity contribution is 5.91. The van der Waals surface area contributed by atoms with Crippen molar-refractivity contribution in [3.8, 4) is 0 Å². The first kappa shape index (κ1) is 11.1. The predicted molar refractivity (Wildman–Crippen MR) is 56.5 cm³/mol. The number of esters is 1. The zero-order valence-corrected chi connectivity index (χ0v) is 9.52. The molecule has 0 aromatic heterocycles. The standard InChI is InChI=1S/C12H14O4/c1-12(2,3)14-10(13)8-6-4-5-7-9(8)11-15-16-11/h4-7,11H,1-3H3. The van der Waals surface area contributed by atoms with Crippen molar-refractivity contribution in [1.82, 2.24) is 0 Å². The molecule has 1 saturated heterocycles. The van der Waals surface area contributed by atoms with Crippen LogP contribution in [0.2, 0.25) is 0 Å². The Bertz CT molecular complexity index is 402. The number of carbonyl (C=O) groups is 1. The van der Waals surface area contributed by atoms with Gasteiger partial charge in [-0.15, -0.1) is 0 Å². The number of ether oxygens (including phenoxy) is 1. The third kappa shape index (κ3) is 2.59. The van der Waals surface area contributed by atoms with Gasteiger partial charge in [0.25, 0.3) is 6.29 Å². The number of carbonyl (C=O) groups excluding carboxylic acids is 1. The molecule has 4 nitrogen and oxygen atoms in total. The number of hydrogen-bond acceptors (Lipinski definition) is 4. The van der Waals surface area contributed by atoms with Crippen molar-refractivity contribution in [2.75, 3.05) is 0 Å². The summed E-state index contributed by atoms with van der Waals surface area (Å²) in [6.45, 7) is 5.49. The first-order valence-corrected chi connectivity index (χ1v) is 5.12. The molecule has 0 aliphatic carbocycles. The molecule has 0 spiro atoms. The van der Waals surface area contributed by atoms with Gasteiger partial charge < -0.3 is 4.74 Å². The van der Waals surface area contributed by atoms with E-state index in [1.165, 1.54) is 0 Å². The molecule has 0 bridgehead atoms. The number of benzene rings is 1. The minimum absolute atomic E-state index is 0.359. The molecule has 0 unspecified atom stereocenters. The van der Waals surface area contributed by atoms with Crippen molar-refractivity contribution in [1.29, 1.82) is 0 Å². The van der Waals surface area contributed by atoms with Gasteiger partial charge in [-0.25, -0.2) is 4.79 Å². The molecule has 1 fully saturated rings. The van der Waals surface area contributed by atoms with Gasteiger partial charge in [0.15, 0.2) is 0 Å². The van der Waals surface area contributed by atoms with E-state index in [2.05, 4.69) is 0 Å². The Morgan fingerprint density at radius 2 is 1.88 bits per heavy atom. The Kier molecular flexibility index (Phi) is 2.69. The fraction of sp³-hybridized carbons (Fsp3) is 0.417. The minimum Gasteiger partial charge on any atom is -0.456 e. The first-order valence-electron chi connectivity index (χ1n) is 5.12. The largest absolute Gasteiger partial charge is 0.456 e. The third-order valence-corrected chi connectivity index (χ3v) is 2.03. The molecule has 0 amide bonds.